The number of amides is 1. The van der Waals surface area contributed by atoms with E-state index < -0.39 is 52.4 Å². The van der Waals surface area contributed by atoms with Gasteiger partial charge in [-0.1, -0.05) is 19.1 Å². The Hall–Kier alpha value is -3.64. The lowest BCUT2D eigenvalue weighted by atomic mass is 10.1. The van der Waals surface area contributed by atoms with E-state index in [0.717, 1.165) is 24.3 Å². The monoisotopic (exact) mass is 580 g/mol. The Morgan fingerprint density at radius 3 is 2.20 bits per heavy atom. The van der Waals surface area contributed by atoms with Crippen LogP contribution in [0.3, 0.4) is 0 Å². The fourth-order valence-electron chi connectivity index (χ4n) is 4.33. The molecule has 0 radical (unpaired) electrons. The van der Waals surface area contributed by atoms with Gasteiger partial charge in [0.05, 0.1) is 42.0 Å². The van der Waals surface area contributed by atoms with E-state index in [9.17, 15) is 35.9 Å². The minimum absolute atomic E-state index is 0.00712. The van der Waals surface area contributed by atoms with Gasteiger partial charge in [0.25, 0.3) is 5.91 Å². The van der Waals surface area contributed by atoms with Crippen LogP contribution in [0.4, 0.5) is 23.2 Å². The molecule has 0 aliphatic carbocycles. The van der Waals surface area contributed by atoms with Gasteiger partial charge in [-0.2, -0.15) is 13.2 Å². The van der Waals surface area contributed by atoms with Crippen LogP contribution >= 0.6 is 0 Å². The van der Waals surface area contributed by atoms with Crippen LogP contribution in [0, 0.1) is 0 Å². The molecule has 2 N–H and O–H groups in total. The molecule has 12 heteroatoms. The zero-order chi connectivity index (χ0) is 29.1. The molecule has 1 fully saturated rings. The van der Waals surface area contributed by atoms with Gasteiger partial charge in [0.15, 0.2) is 16.0 Å². The van der Waals surface area contributed by atoms with E-state index in [2.05, 4.69) is 5.32 Å². The summed E-state index contributed by atoms with van der Waals surface area (Å²) in [6.45, 7) is 1.30. The van der Waals surface area contributed by atoms with Gasteiger partial charge in [-0.3, -0.25) is 4.79 Å². The van der Waals surface area contributed by atoms with E-state index in [1.165, 1.54) is 24.3 Å². The molecule has 1 saturated heterocycles. The summed E-state index contributed by atoms with van der Waals surface area (Å²) in [5.74, 6) is -0.377. The predicted octanol–water partition coefficient (Wildman–Crippen LogP) is 4.57. The maximum Gasteiger partial charge on any atom is 0.416 e. The number of benzene rings is 3. The molecule has 0 spiro atoms. The number of hydrogen-bond acceptors (Lipinski definition) is 6. The molecule has 7 nitrogen and oxygen atoms in total. The number of ether oxygens (including phenoxy) is 1. The van der Waals surface area contributed by atoms with E-state index in [0.29, 0.717) is 16.8 Å². The van der Waals surface area contributed by atoms with Gasteiger partial charge in [-0.25, -0.2) is 12.8 Å². The third-order valence-corrected chi connectivity index (χ3v) is 8.42. The molecule has 1 aliphatic heterocycles. The highest BCUT2D eigenvalue weighted by Crippen LogP contribution is 2.31. The number of sulfone groups is 1. The number of rotatable bonds is 9. The first-order valence-electron chi connectivity index (χ1n) is 12.5. The normalized spacial score (nSPS) is 18.4. The van der Waals surface area contributed by atoms with Crippen LogP contribution in [0.15, 0.2) is 77.7 Å². The van der Waals surface area contributed by atoms with Crippen molar-refractivity contribution in [2.24, 2.45) is 0 Å². The number of nitrogens with zero attached hydrogens (tertiary/aromatic N) is 1. The number of carbonyl (C=O) groups is 1. The zero-order valence-corrected chi connectivity index (χ0v) is 22.3. The number of anilines is 1. The molecular weight excluding hydrogens is 552 g/mol. The molecule has 3 aromatic carbocycles. The quantitative estimate of drug-likeness (QED) is 0.360. The Morgan fingerprint density at radius 1 is 1.02 bits per heavy atom. The highest BCUT2D eigenvalue weighted by atomic mass is 32.2. The van der Waals surface area contributed by atoms with Crippen molar-refractivity contribution in [1.29, 1.82) is 0 Å². The van der Waals surface area contributed by atoms with Crippen LogP contribution in [-0.4, -0.2) is 57.2 Å². The van der Waals surface area contributed by atoms with E-state index in [1.807, 2.05) is 0 Å². The Balaban J connectivity index is 1.36. The number of hydrogen-bond donors (Lipinski definition) is 2. The van der Waals surface area contributed by atoms with Crippen LogP contribution in [0.2, 0.25) is 0 Å². The second-order valence-corrected chi connectivity index (χ2v) is 11.6. The van der Waals surface area contributed by atoms with Crippen LogP contribution in [-0.2, 0) is 16.0 Å². The van der Waals surface area contributed by atoms with Gasteiger partial charge < -0.3 is 20.1 Å². The van der Waals surface area contributed by atoms with Gasteiger partial charge in [0, 0.05) is 11.3 Å². The minimum atomic E-state index is -4.47. The molecule has 40 heavy (non-hydrogen) atoms. The lowest BCUT2D eigenvalue weighted by molar-refractivity contribution is -0.137. The standard InChI is InChI=1S/C28H28F4N2O5S/c1-2-40(37,38)23-13-5-18(6-14-23)25(17-35)33-27(36)19-3-9-21(10-4-19)34-15-24(29)26(16-34)39-22-11-7-20(8-12-22)28(30,31)32/h3-14,24-26,35H,2,15-17H2,1H3,(H,33,36)/t24?,25-,26-/m0/s1. The molecule has 1 aliphatic rings. The van der Waals surface area contributed by atoms with E-state index in [-0.39, 0.29) is 29.5 Å². The zero-order valence-electron chi connectivity index (χ0n) is 21.4. The summed E-state index contributed by atoms with van der Waals surface area (Å²) in [4.78, 5) is 14.7. The largest absolute Gasteiger partial charge is 0.485 e. The average Bonchev–Trinajstić information content (AvgIpc) is 3.31. The highest BCUT2D eigenvalue weighted by Gasteiger charge is 2.35. The summed E-state index contributed by atoms with van der Waals surface area (Å²) in [7, 11) is -3.38. The van der Waals surface area contributed by atoms with Crippen molar-refractivity contribution in [3.63, 3.8) is 0 Å². The topological polar surface area (TPSA) is 95.9 Å². The Labute approximate surface area is 229 Å². The summed E-state index contributed by atoms with van der Waals surface area (Å²) in [6.07, 6.45) is -6.74. The summed E-state index contributed by atoms with van der Waals surface area (Å²) in [6, 6.07) is 15.6. The fraction of sp³-hybridized carbons (Fsp3) is 0.321. The highest BCUT2D eigenvalue weighted by molar-refractivity contribution is 7.91. The number of aliphatic hydroxyl groups is 1. The maximum atomic E-state index is 14.7. The molecular formula is C28H28F4N2O5S. The Bertz CT molecular complexity index is 1410. The molecule has 3 aromatic rings. The number of halogens is 4. The minimum Gasteiger partial charge on any atom is -0.485 e. The molecule has 0 aromatic heterocycles. The van der Waals surface area contributed by atoms with E-state index in [4.69, 9.17) is 4.74 Å². The lowest BCUT2D eigenvalue weighted by Crippen LogP contribution is -2.31. The summed E-state index contributed by atoms with van der Waals surface area (Å²) < 4.78 is 82.6. The van der Waals surface area contributed by atoms with Crippen LogP contribution < -0.4 is 15.0 Å². The summed E-state index contributed by atoms with van der Waals surface area (Å²) >= 11 is 0. The van der Waals surface area contributed by atoms with Crippen LogP contribution in [0.25, 0.3) is 0 Å². The summed E-state index contributed by atoms with van der Waals surface area (Å²) in [5.41, 5.74) is 0.636. The third kappa shape index (κ3) is 6.73. The summed E-state index contributed by atoms with van der Waals surface area (Å²) in [5, 5.41) is 12.5. The van der Waals surface area contributed by atoms with Crippen molar-refractivity contribution in [2.45, 2.75) is 36.3 Å². The predicted molar refractivity (Wildman–Crippen MR) is 141 cm³/mol. The number of nitrogens with one attached hydrogen (secondary N) is 1. The van der Waals surface area contributed by atoms with Crippen molar-refractivity contribution in [2.75, 3.05) is 30.3 Å². The molecule has 1 heterocycles. The van der Waals surface area contributed by atoms with Crippen LogP contribution in [0.1, 0.15) is 34.5 Å². The van der Waals surface area contributed by atoms with Crippen molar-refractivity contribution >= 4 is 21.4 Å². The Kier molecular flexibility index (Phi) is 8.69. The third-order valence-electron chi connectivity index (χ3n) is 6.67. The second kappa shape index (κ2) is 11.8. The first-order chi connectivity index (χ1) is 18.9. The first kappa shape index (κ1) is 29.3. The van der Waals surface area contributed by atoms with Gasteiger partial charge in [0.1, 0.15) is 11.9 Å². The van der Waals surface area contributed by atoms with Gasteiger partial charge in [-0.05, 0) is 66.2 Å². The molecule has 4 rings (SSSR count). The number of alkyl halides is 4. The SMILES string of the molecule is CCS(=O)(=O)c1ccc([C@H](CO)NC(=O)c2ccc(N3CC(F)[C@@H](Oc4ccc(C(F)(F)F)cc4)C3)cc2)cc1. The molecule has 1 unspecified atom stereocenters. The first-order valence-corrected chi connectivity index (χ1v) is 14.1. The average molecular weight is 581 g/mol. The Morgan fingerprint density at radius 2 is 1.65 bits per heavy atom. The second-order valence-electron chi connectivity index (χ2n) is 9.33. The number of aliphatic hydroxyl groups excluding tert-OH is 1. The fourth-order valence-corrected chi connectivity index (χ4v) is 5.21. The van der Waals surface area contributed by atoms with Crippen LogP contribution in [0.5, 0.6) is 5.75 Å². The van der Waals surface area contributed by atoms with Gasteiger partial charge in [0.2, 0.25) is 0 Å². The van der Waals surface area contributed by atoms with Crippen molar-refractivity contribution in [1.82, 2.24) is 5.32 Å². The number of carbonyl (C=O) groups excluding carboxylic acids is 1. The molecule has 0 saturated carbocycles. The molecule has 0 bridgehead atoms. The van der Waals surface area contributed by atoms with Gasteiger partial charge in [-0.15, -0.1) is 0 Å². The van der Waals surface area contributed by atoms with Crippen molar-refractivity contribution in [3.8, 4) is 5.75 Å². The molecule has 3 atom stereocenters. The smallest absolute Gasteiger partial charge is 0.416 e. The molecule has 1 amide bonds. The van der Waals surface area contributed by atoms with Crippen molar-refractivity contribution < 1.29 is 40.6 Å². The van der Waals surface area contributed by atoms with Gasteiger partial charge >= 0.3 is 6.18 Å². The van der Waals surface area contributed by atoms with Crippen molar-refractivity contribution in [3.05, 3.63) is 89.5 Å². The lowest BCUT2D eigenvalue weighted by Gasteiger charge is -2.20. The maximum absolute atomic E-state index is 14.7. The van der Waals surface area contributed by atoms with E-state index in [1.54, 1.807) is 36.1 Å². The van der Waals surface area contributed by atoms with E-state index >= 15 is 0 Å². The molecule has 214 valence electrons.